The van der Waals surface area contributed by atoms with E-state index in [1.165, 1.54) is 0 Å². The Labute approximate surface area is 77.8 Å². The van der Waals surface area contributed by atoms with E-state index in [1.54, 1.807) is 0 Å². The molecule has 0 heterocycles. The third-order valence-electron chi connectivity index (χ3n) is 1.36. The summed E-state index contributed by atoms with van der Waals surface area (Å²) in [6.45, 7) is 0. The molecular formula is C8H6F2N2O2. The first-order chi connectivity index (χ1) is 6.63. The zero-order valence-corrected chi connectivity index (χ0v) is 6.87. The van der Waals surface area contributed by atoms with E-state index in [0.29, 0.717) is 6.21 Å². The first-order valence-corrected chi connectivity index (χ1v) is 3.57. The fraction of sp³-hybridized carbons (Fsp3) is 0. The minimum absolute atomic E-state index is 0.310. The number of carbonyl (C=O) groups excluding carboxylic acids is 1. The fourth-order valence-electron chi connectivity index (χ4n) is 0.811. The Balaban J connectivity index is 2.85. The van der Waals surface area contributed by atoms with Crippen LogP contribution in [0.2, 0.25) is 0 Å². The van der Waals surface area contributed by atoms with Gasteiger partial charge in [-0.3, -0.25) is 4.79 Å². The van der Waals surface area contributed by atoms with E-state index in [-0.39, 0.29) is 5.69 Å². The first kappa shape index (κ1) is 10.1. The van der Waals surface area contributed by atoms with Crippen molar-refractivity contribution in [2.75, 3.05) is 5.32 Å². The summed E-state index contributed by atoms with van der Waals surface area (Å²) in [7, 11) is 0. The molecular weight excluding hydrogens is 194 g/mol. The van der Waals surface area contributed by atoms with Crippen LogP contribution >= 0.6 is 0 Å². The number of hydrogen-bond acceptors (Lipinski definition) is 3. The van der Waals surface area contributed by atoms with Crippen LogP contribution in [0.15, 0.2) is 23.4 Å². The molecule has 0 saturated heterocycles. The highest BCUT2D eigenvalue weighted by Gasteiger charge is 2.06. The summed E-state index contributed by atoms with van der Waals surface area (Å²) in [6, 6.07) is 2.62. The van der Waals surface area contributed by atoms with Crippen molar-refractivity contribution in [3.05, 3.63) is 29.8 Å². The summed E-state index contributed by atoms with van der Waals surface area (Å²) in [4.78, 5) is 10.8. The predicted molar refractivity (Wildman–Crippen MR) is 45.3 cm³/mol. The predicted octanol–water partition coefficient (Wildman–Crippen LogP) is 1.36. The van der Waals surface area contributed by atoms with Crippen LogP contribution in [0.1, 0.15) is 0 Å². The second-order valence-corrected chi connectivity index (χ2v) is 2.36. The molecule has 74 valence electrons. The van der Waals surface area contributed by atoms with Gasteiger partial charge in [0.15, 0.2) is 0 Å². The average molecular weight is 200 g/mol. The van der Waals surface area contributed by atoms with E-state index in [1.807, 2.05) is 5.32 Å². The van der Waals surface area contributed by atoms with E-state index < -0.39 is 17.5 Å². The molecule has 0 aromatic heterocycles. The van der Waals surface area contributed by atoms with E-state index in [4.69, 9.17) is 5.21 Å². The van der Waals surface area contributed by atoms with Crippen LogP contribution in [0, 0.1) is 11.6 Å². The van der Waals surface area contributed by atoms with E-state index in [0.717, 1.165) is 18.2 Å². The van der Waals surface area contributed by atoms with Crippen LogP contribution in [-0.4, -0.2) is 17.3 Å². The highest BCUT2D eigenvalue weighted by Crippen LogP contribution is 2.14. The molecule has 14 heavy (non-hydrogen) atoms. The maximum absolute atomic E-state index is 12.9. The molecule has 6 heteroatoms. The summed E-state index contributed by atoms with van der Waals surface area (Å²) >= 11 is 0. The molecule has 1 rings (SSSR count). The number of hydrogen-bond donors (Lipinski definition) is 2. The number of anilines is 1. The van der Waals surface area contributed by atoms with Gasteiger partial charge >= 0.3 is 0 Å². The molecule has 0 saturated carbocycles. The SMILES string of the molecule is O=C(/C=N/O)Nc1cc(F)ccc1F. The van der Waals surface area contributed by atoms with Crippen molar-refractivity contribution in [3.8, 4) is 0 Å². The van der Waals surface area contributed by atoms with Crippen LogP contribution in [0.4, 0.5) is 14.5 Å². The Bertz CT molecular complexity index is 380. The number of halogens is 2. The number of rotatable bonds is 2. The molecule has 1 aromatic carbocycles. The number of nitrogens with zero attached hydrogens (tertiary/aromatic N) is 1. The number of oxime groups is 1. The van der Waals surface area contributed by atoms with Gasteiger partial charge < -0.3 is 10.5 Å². The Hall–Kier alpha value is -1.98. The van der Waals surface area contributed by atoms with Gasteiger partial charge in [-0.05, 0) is 12.1 Å². The highest BCUT2D eigenvalue weighted by molar-refractivity contribution is 6.31. The lowest BCUT2D eigenvalue weighted by Gasteiger charge is -2.02. The zero-order chi connectivity index (χ0) is 10.6. The van der Waals surface area contributed by atoms with Crippen molar-refractivity contribution in [1.29, 1.82) is 0 Å². The van der Waals surface area contributed by atoms with Gasteiger partial charge in [0.2, 0.25) is 0 Å². The summed E-state index contributed by atoms with van der Waals surface area (Å²) in [6.07, 6.45) is 0.532. The third-order valence-corrected chi connectivity index (χ3v) is 1.36. The molecule has 0 aliphatic carbocycles. The van der Waals surface area contributed by atoms with Crippen molar-refractivity contribution < 1.29 is 18.8 Å². The van der Waals surface area contributed by atoms with Gasteiger partial charge in [0.1, 0.15) is 17.8 Å². The van der Waals surface area contributed by atoms with Crippen molar-refractivity contribution in [2.45, 2.75) is 0 Å². The Morgan fingerprint density at radius 3 is 2.86 bits per heavy atom. The van der Waals surface area contributed by atoms with Crippen LogP contribution in [0.25, 0.3) is 0 Å². The highest BCUT2D eigenvalue weighted by atomic mass is 19.1. The fourth-order valence-corrected chi connectivity index (χ4v) is 0.811. The van der Waals surface area contributed by atoms with Gasteiger partial charge in [-0.1, -0.05) is 5.16 Å². The summed E-state index contributed by atoms with van der Waals surface area (Å²) in [5.41, 5.74) is -0.310. The lowest BCUT2D eigenvalue weighted by molar-refractivity contribution is -0.110. The molecule has 1 aromatic rings. The average Bonchev–Trinajstić information content (AvgIpc) is 2.12. The van der Waals surface area contributed by atoms with Crippen LogP contribution in [0.5, 0.6) is 0 Å². The number of amides is 1. The minimum atomic E-state index is -0.850. The van der Waals surface area contributed by atoms with Gasteiger partial charge in [-0.2, -0.15) is 0 Å². The minimum Gasteiger partial charge on any atom is -0.411 e. The maximum atomic E-state index is 12.9. The maximum Gasteiger partial charge on any atom is 0.270 e. The molecule has 0 radical (unpaired) electrons. The van der Waals surface area contributed by atoms with E-state index in [2.05, 4.69) is 5.16 Å². The van der Waals surface area contributed by atoms with Gasteiger partial charge in [-0.15, -0.1) is 0 Å². The third kappa shape index (κ3) is 2.51. The van der Waals surface area contributed by atoms with Crippen molar-refractivity contribution in [1.82, 2.24) is 0 Å². The van der Waals surface area contributed by atoms with Gasteiger partial charge in [0, 0.05) is 6.07 Å². The molecule has 0 fully saturated rings. The standard InChI is InChI=1S/C8H6F2N2O2/c9-5-1-2-6(10)7(3-5)12-8(13)4-11-14/h1-4,14H,(H,12,13)/b11-4+. The number of nitrogens with one attached hydrogen (secondary N) is 1. The molecule has 0 unspecified atom stereocenters. The van der Waals surface area contributed by atoms with Gasteiger partial charge in [-0.25, -0.2) is 8.78 Å². The summed E-state index contributed by atoms with van der Waals surface area (Å²) < 4.78 is 25.5. The Morgan fingerprint density at radius 1 is 1.50 bits per heavy atom. The van der Waals surface area contributed by atoms with E-state index >= 15 is 0 Å². The van der Waals surface area contributed by atoms with Crippen LogP contribution in [-0.2, 0) is 4.79 Å². The molecule has 0 spiro atoms. The molecule has 0 atom stereocenters. The molecule has 0 aliphatic rings. The smallest absolute Gasteiger partial charge is 0.270 e. The van der Waals surface area contributed by atoms with Crippen LogP contribution < -0.4 is 5.32 Å². The first-order valence-electron chi connectivity index (χ1n) is 3.57. The molecule has 0 bridgehead atoms. The van der Waals surface area contributed by atoms with Crippen molar-refractivity contribution in [2.24, 2.45) is 5.16 Å². The molecule has 2 N–H and O–H groups in total. The Morgan fingerprint density at radius 2 is 2.21 bits per heavy atom. The topological polar surface area (TPSA) is 61.7 Å². The van der Waals surface area contributed by atoms with Crippen molar-refractivity contribution >= 4 is 17.8 Å². The Kier molecular flexibility index (Phi) is 3.11. The monoisotopic (exact) mass is 200 g/mol. The second-order valence-electron chi connectivity index (χ2n) is 2.36. The van der Waals surface area contributed by atoms with Crippen molar-refractivity contribution in [3.63, 3.8) is 0 Å². The second kappa shape index (κ2) is 4.31. The summed E-state index contributed by atoms with van der Waals surface area (Å²) in [5, 5.41) is 12.4. The lowest BCUT2D eigenvalue weighted by atomic mass is 10.3. The zero-order valence-electron chi connectivity index (χ0n) is 6.87. The van der Waals surface area contributed by atoms with Crippen LogP contribution in [0.3, 0.4) is 0 Å². The number of carbonyl (C=O) groups is 1. The summed E-state index contributed by atoms with van der Waals surface area (Å²) in [5.74, 6) is -2.30. The normalized spacial score (nSPS) is 10.4. The van der Waals surface area contributed by atoms with Gasteiger partial charge in [0.25, 0.3) is 5.91 Å². The molecule has 4 nitrogen and oxygen atoms in total. The van der Waals surface area contributed by atoms with E-state index in [9.17, 15) is 13.6 Å². The molecule has 1 amide bonds. The van der Waals surface area contributed by atoms with Gasteiger partial charge in [0.05, 0.1) is 5.69 Å². The quantitative estimate of drug-likeness (QED) is 0.430. The number of benzene rings is 1. The lowest BCUT2D eigenvalue weighted by Crippen LogP contribution is -2.13. The largest absolute Gasteiger partial charge is 0.411 e. The molecule has 0 aliphatic heterocycles.